The molecule has 1 atom stereocenters. The Bertz CT molecular complexity index is 807. The van der Waals surface area contributed by atoms with E-state index in [2.05, 4.69) is 50.3 Å². The van der Waals surface area contributed by atoms with Gasteiger partial charge in [0.15, 0.2) is 5.96 Å². The standard InChI is InChI=1S/C23H35N7O/c1-4-24-22(28-18-20(3)31-21-8-5-7-19(2)17-21)25-11-12-29-13-15-30(16-14-29)23-26-9-6-10-27-23/h5-10,17,20H,4,11-16,18H2,1-3H3,(H2,24,25,28). The van der Waals surface area contributed by atoms with Crippen molar-refractivity contribution < 1.29 is 4.74 Å². The van der Waals surface area contributed by atoms with Crippen LogP contribution >= 0.6 is 0 Å². The van der Waals surface area contributed by atoms with Crippen molar-refractivity contribution >= 4 is 11.9 Å². The summed E-state index contributed by atoms with van der Waals surface area (Å²) in [6.07, 6.45) is 3.60. The minimum absolute atomic E-state index is 0.00513. The number of ether oxygens (including phenoxy) is 1. The van der Waals surface area contributed by atoms with Gasteiger partial charge in [0.1, 0.15) is 11.9 Å². The van der Waals surface area contributed by atoms with Crippen LogP contribution in [0.15, 0.2) is 47.7 Å². The number of nitrogens with one attached hydrogen (secondary N) is 2. The lowest BCUT2D eigenvalue weighted by molar-refractivity contribution is 0.230. The van der Waals surface area contributed by atoms with E-state index in [9.17, 15) is 0 Å². The summed E-state index contributed by atoms with van der Waals surface area (Å²) in [7, 11) is 0. The van der Waals surface area contributed by atoms with Crippen molar-refractivity contribution in [3.63, 3.8) is 0 Å². The first-order valence-electron chi connectivity index (χ1n) is 11.1. The number of aliphatic imine (C=N–C) groups is 1. The number of benzene rings is 1. The third kappa shape index (κ3) is 7.71. The minimum Gasteiger partial charge on any atom is -0.489 e. The van der Waals surface area contributed by atoms with E-state index in [4.69, 9.17) is 9.73 Å². The van der Waals surface area contributed by atoms with Gasteiger partial charge in [-0.1, -0.05) is 12.1 Å². The highest BCUT2D eigenvalue weighted by Crippen LogP contribution is 2.14. The van der Waals surface area contributed by atoms with Crippen molar-refractivity contribution in [2.45, 2.75) is 26.9 Å². The van der Waals surface area contributed by atoms with Crippen molar-refractivity contribution in [1.29, 1.82) is 0 Å². The van der Waals surface area contributed by atoms with Crippen LogP contribution in [0.25, 0.3) is 0 Å². The minimum atomic E-state index is 0.00513. The van der Waals surface area contributed by atoms with Crippen molar-refractivity contribution in [3.8, 4) is 5.75 Å². The molecule has 1 saturated heterocycles. The van der Waals surface area contributed by atoms with Gasteiger partial charge in [-0.2, -0.15) is 0 Å². The molecule has 3 rings (SSSR count). The van der Waals surface area contributed by atoms with Gasteiger partial charge in [-0.05, 0) is 44.5 Å². The molecule has 1 aromatic carbocycles. The summed E-state index contributed by atoms with van der Waals surface area (Å²) in [5.74, 6) is 2.54. The number of nitrogens with zero attached hydrogens (tertiary/aromatic N) is 5. The normalized spacial score (nSPS) is 16.1. The fourth-order valence-electron chi connectivity index (χ4n) is 3.48. The fraction of sp³-hybridized carbons (Fsp3) is 0.522. The second kappa shape index (κ2) is 12.1. The maximum absolute atomic E-state index is 5.98. The average Bonchev–Trinajstić information content (AvgIpc) is 2.78. The third-order valence-electron chi connectivity index (χ3n) is 5.11. The lowest BCUT2D eigenvalue weighted by Crippen LogP contribution is -2.49. The van der Waals surface area contributed by atoms with Crippen molar-refractivity contribution in [2.75, 3.05) is 57.3 Å². The molecule has 2 N–H and O–H groups in total. The molecule has 0 bridgehead atoms. The molecule has 0 amide bonds. The second-order valence-electron chi connectivity index (χ2n) is 7.77. The first-order chi connectivity index (χ1) is 15.1. The second-order valence-corrected chi connectivity index (χ2v) is 7.77. The maximum atomic E-state index is 5.98. The molecule has 168 valence electrons. The molecule has 1 aliphatic rings. The summed E-state index contributed by atoms with van der Waals surface area (Å²) in [4.78, 5) is 18.1. The van der Waals surface area contributed by atoms with Gasteiger partial charge in [-0.15, -0.1) is 0 Å². The van der Waals surface area contributed by atoms with Crippen LogP contribution in [0, 0.1) is 6.92 Å². The van der Waals surface area contributed by atoms with Crippen LogP contribution in [-0.2, 0) is 0 Å². The highest BCUT2D eigenvalue weighted by molar-refractivity contribution is 5.79. The van der Waals surface area contributed by atoms with E-state index < -0.39 is 0 Å². The van der Waals surface area contributed by atoms with Crippen LogP contribution in [0.2, 0.25) is 0 Å². The molecular formula is C23H35N7O. The van der Waals surface area contributed by atoms with E-state index in [-0.39, 0.29) is 6.10 Å². The molecule has 0 radical (unpaired) electrons. The molecule has 1 fully saturated rings. The molecule has 0 spiro atoms. The van der Waals surface area contributed by atoms with E-state index in [1.807, 2.05) is 31.2 Å². The molecule has 2 aromatic rings. The van der Waals surface area contributed by atoms with E-state index >= 15 is 0 Å². The highest BCUT2D eigenvalue weighted by atomic mass is 16.5. The Morgan fingerprint density at radius 2 is 1.90 bits per heavy atom. The Morgan fingerprint density at radius 1 is 1.13 bits per heavy atom. The maximum Gasteiger partial charge on any atom is 0.225 e. The Morgan fingerprint density at radius 3 is 2.61 bits per heavy atom. The molecule has 8 heteroatoms. The summed E-state index contributed by atoms with van der Waals surface area (Å²) in [5, 5.41) is 6.76. The molecular weight excluding hydrogens is 390 g/mol. The number of hydrogen-bond donors (Lipinski definition) is 2. The van der Waals surface area contributed by atoms with Crippen molar-refractivity contribution in [2.24, 2.45) is 4.99 Å². The van der Waals surface area contributed by atoms with Crippen molar-refractivity contribution in [3.05, 3.63) is 48.3 Å². The molecule has 0 saturated carbocycles. The summed E-state index contributed by atoms with van der Waals surface area (Å²) < 4.78 is 5.98. The van der Waals surface area contributed by atoms with Crippen LogP contribution in [0.4, 0.5) is 5.95 Å². The first kappa shape index (κ1) is 22.8. The van der Waals surface area contributed by atoms with E-state index in [1.165, 1.54) is 5.56 Å². The zero-order chi connectivity index (χ0) is 21.9. The third-order valence-corrected chi connectivity index (χ3v) is 5.11. The monoisotopic (exact) mass is 425 g/mol. The summed E-state index contributed by atoms with van der Waals surface area (Å²) >= 11 is 0. The number of guanidine groups is 1. The molecule has 1 unspecified atom stereocenters. The quantitative estimate of drug-likeness (QED) is 0.469. The Hall–Kier alpha value is -2.87. The number of aromatic nitrogens is 2. The van der Waals surface area contributed by atoms with Crippen molar-refractivity contribution in [1.82, 2.24) is 25.5 Å². The van der Waals surface area contributed by atoms with E-state index in [0.29, 0.717) is 6.54 Å². The molecule has 0 aliphatic carbocycles. The number of piperazine rings is 1. The number of aryl methyl sites for hydroxylation is 1. The summed E-state index contributed by atoms with van der Waals surface area (Å²) in [6, 6.07) is 9.97. The van der Waals surface area contributed by atoms with Gasteiger partial charge in [-0.3, -0.25) is 4.90 Å². The van der Waals surface area contributed by atoms with Gasteiger partial charge in [-0.25, -0.2) is 15.0 Å². The van der Waals surface area contributed by atoms with Crippen LogP contribution < -0.4 is 20.3 Å². The molecule has 2 heterocycles. The van der Waals surface area contributed by atoms with Crippen LogP contribution in [-0.4, -0.2) is 79.3 Å². The molecule has 31 heavy (non-hydrogen) atoms. The zero-order valence-electron chi connectivity index (χ0n) is 18.9. The predicted octanol–water partition coefficient (Wildman–Crippen LogP) is 1.93. The predicted molar refractivity (Wildman–Crippen MR) is 126 cm³/mol. The van der Waals surface area contributed by atoms with Gasteiger partial charge in [0.2, 0.25) is 5.95 Å². The zero-order valence-corrected chi connectivity index (χ0v) is 18.9. The van der Waals surface area contributed by atoms with Crippen LogP contribution in [0.1, 0.15) is 19.4 Å². The average molecular weight is 426 g/mol. The Labute approximate surface area is 185 Å². The van der Waals surface area contributed by atoms with Gasteiger partial charge >= 0.3 is 0 Å². The van der Waals surface area contributed by atoms with Crippen LogP contribution in [0.5, 0.6) is 5.75 Å². The number of hydrogen-bond acceptors (Lipinski definition) is 6. The smallest absolute Gasteiger partial charge is 0.225 e. The fourth-order valence-corrected chi connectivity index (χ4v) is 3.48. The van der Waals surface area contributed by atoms with Gasteiger partial charge in [0.25, 0.3) is 0 Å². The topological polar surface area (TPSA) is 77.9 Å². The lowest BCUT2D eigenvalue weighted by atomic mass is 10.2. The molecule has 8 nitrogen and oxygen atoms in total. The van der Waals surface area contributed by atoms with Gasteiger partial charge in [0.05, 0.1) is 6.54 Å². The Balaban J connectivity index is 1.39. The number of rotatable bonds is 9. The number of anilines is 1. The lowest BCUT2D eigenvalue weighted by Gasteiger charge is -2.34. The van der Waals surface area contributed by atoms with Gasteiger partial charge in [0, 0.05) is 58.2 Å². The largest absolute Gasteiger partial charge is 0.489 e. The Kier molecular flexibility index (Phi) is 8.90. The van der Waals surface area contributed by atoms with E-state index in [1.54, 1.807) is 12.4 Å². The molecule has 1 aromatic heterocycles. The first-order valence-corrected chi connectivity index (χ1v) is 11.1. The summed E-state index contributed by atoms with van der Waals surface area (Å²) in [6.45, 7) is 13.4. The summed E-state index contributed by atoms with van der Waals surface area (Å²) in [5.41, 5.74) is 1.19. The highest BCUT2D eigenvalue weighted by Gasteiger charge is 2.18. The SMILES string of the molecule is CCNC(=NCC(C)Oc1cccc(C)c1)NCCN1CCN(c2ncccn2)CC1. The van der Waals surface area contributed by atoms with E-state index in [0.717, 1.165) is 63.5 Å². The van der Waals surface area contributed by atoms with Gasteiger partial charge < -0.3 is 20.3 Å². The van der Waals surface area contributed by atoms with Crippen LogP contribution in [0.3, 0.4) is 0 Å². The molecule has 1 aliphatic heterocycles.